The lowest BCUT2D eigenvalue weighted by Crippen LogP contribution is -2.48. The lowest BCUT2D eigenvalue weighted by molar-refractivity contribution is 0.196. The number of aryl methyl sites for hydroxylation is 1. The molecule has 1 aliphatic heterocycles. The maximum atomic E-state index is 12.9. The fourth-order valence-electron chi connectivity index (χ4n) is 2.65. The van der Waals surface area contributed by atoms with Crippen LogP contribution in [0.25, 0.3) is 0 Å². The van der Waals surface area contributed by atoms with Crippen molar-refractivity contribution in [2.45, 2.75) is 31.8 Å². The number of rotatable bonds is 5. The summed E-state index contributed by atoms with van der Waals surface area (Å²) in [7, 11) is -3.47. The van der Waals surface area contributed by atoms with Crippen molar-refractivity contribution in [3.05, 3.63) is 29.3 Å². The number of likely N-dealkylation sites (N-methyl/N-ethyl adjacent to an activating group) is 1. The molecule has 2 rings (SSSR count). The Morgan fingerprint density at radius 1 is 1.14 bits per heavy atom. The van der Waals surface area contributed by atoms with E-state index in [2.05, 4.69) is 11.8 Å². The molecule has 1 aromatic rings. The molecular formula is C15H24N2O3S. The molecule has 0 spiro atoms. The van der Waals surface area contributed by atoms with Gasteiger partial charge in [-0.1, -0.05) is 26.0 Å². The van der Waals surface area contributed by atoms with Crippen molar-refractivity contribution in [2.24, 2.45) is 0 Å². The Morgan fingerprint density at radius 3 is 2.33 bits per heavy atom. The highest BCUT2D eigenvalue weighted by atomic mass is 32.2. The molecular weight excluding hydrogens is 288 g/mol. The predicted molar refractivity (Wildman–Crippen MR) is 82.6 cm³/mol. The minimum absolute atomic E-state index is 0.143. The summed E-state index contributed by atoms with van der Waals surface area (Å²) < 4.78 is 27.3. The molecule has 6 heteroatoms. The third kappa shape index (κ3) is 3.45. The largest absolute Gasteiger partial charge is 0.392 e. The summed E-state index contributed by atoms with van der Waals surface area (Å²) in [4.78, 5) is 2.60. The Kier molecular flexibility index (Phi) is 5.37. The summed E-state index contributed by atoms with van der Waals surface area (Å²) in [6.45, 7) is 7.45. The first-order chi connectivity index (χ1) is 10.0. The van der Waals surface area contributed by atoms with Crippen LogP contribution in [0.4, 0.5) is 0 Å². The van der Waals surface area contributed by atoms with Crippen LogP contribution in [-0.2, 0) is 23.1 Å². The van der Waals surface area contributed by atoms with E-state index >= 15 is 0 Å². The minimum Gasteiger partial charge on any atom is -0.392 e. The number of piperazine rings is 1. The Balaban J connectivity index is 2.31. The van der Waals surface area contributed by atoms with Gasteiger partial charge < -0.3 is 10.0 Å². The summed E-state index contributed by atoms with van der Waals surface area (Å²) >= 11 is 0. The van der Waals surface area contributed by atoms with E-state index in [4.69, 9.17) is 0 Å². The van der Waals surface area contributed by atoms with Crippen molar-refractivity contribution in [2.75, 3.05) is 32.7 Å². The highest BCUT2D eigenvalue weighted by molar-refractivity contribution is 7.89. The normalized spacial score (nSPS) is 18.0. The molecule has 1 fully saturated rings. The lowest BCUT2D eigenvalue weighted by Gasteiger charge is -2.33. The van der Waals surface area contributed by atoms with Gasteiger partial charge in [0.05, 0.1) is 11.5 Å². The molecule has 0 bridgehead atoms. The molecule has 0 aromatic heterocycles. The second-order valence-corrected chi connectivity index (χ2v) is 7.20. The Morgan fingerprint density at radius 2 is 1.81 bits per heavy atom. The third-order valence-electron chi connectivity index (χ3n) is 4.09. The third-order valence-corrected chi connectivity index (χ3v) is 6.07. The van der Waals surface area contributed by atoms with Crippen LogP contribution in [0.2, 0.25) is 0 Å². The Labute approximate surface area is 127 Å². The molecule has 118 valence electrons. The predicted octanol–water partition coefficient (Wildman–Crippen LogP) is 1.07. The first-order valence-electron chi connectivity index (χ1n) is 7.48. The standard InChI is InChI=1S/C15H24N2O3S/c1-3-14-6-5-13(12-18)11-15(14)21(19,20)17-9-7-16(4-2)8-10-17/h5-6,11,18H,3-4,7-10,12H2,1-2H3. The summed E-state index contributed by atoms with van der Waals surface area (Å²) in [6.07, 6.45) is 0.662. The highest BCUT2D eigenvalue weighted by Crippen LogP contribution is 2.23. The number of aliphatic hydroxyl groups is 1. The van der Waals surface area contributed by atoms with Gasteiger partial charge in [0.2, 0.25) is 10.0 Å². The van der Waals surface area contributed by atoms with E-state index in [1.165, 1.54) is 0 Å². The number of sulfonamides is 1. The molecule has 1 N–H and O–H groups in total. The maximum Gasteiger partial charge on any atom is 0.243 e. The van der Waals surface area contributed by atoms with E-state index in [1.807, 2.05) is 6.92 Å². The second kappa shape index (κ2) is 6.87. The molecule has 1 heterocycles. The van der Waals surface area contributed by atoms with Gasteiger partial charge >= 0.3 is 0 Å². The van der Waals surface area contributed by atoms with E-state index in [0.717, 1.165) is 25.2 Å². The van der Waals surface area contributed by atoms with Crippen LogP contribution >= 0.6 is 0 Å². The van der Waals surface area contributed by atoms with Gasteiger partial charge in [0.25, 0.3) is 0 Å². The molecule has 0 amide bonds. The van der Waals surface area contributed by atoms with E-state index in [-0.39, 0.29) is 6.61 Å². The number of hydrogen-bond acceptors (Lipinski definition) is 4. The number of nitrogens with zero attached hydrogens (tertiary/aromatic N) is 2. The van der Waals surface area contributed by atoms with Gasteiger partial charge in [0, 0.05) is 26.2 Å². The molecule has 21 heavy (non-hydrogen) atoms. The summed E-state index contributed by atoms with van der Waals surface area (Å²) in [5.74, 6) is 0. The molecule has 0 radical (unpaired) electrons. The zero-order valence-electron chi connectivity index (χ0n) is 12.7. The van der Waals surface area contributed by atoms with Crippen molar-refractivity contribution in [3.8, 4) is 0 Å². The molecule has 5 nitrogen and oxygen atoms in total. The van der Waals surface area contributed by atoms with Crippen molar-refractivity contribution in [1.82, 2.24) is 9.21 Å². The average Bonchev–Trinajstić information content (AvgIpc) is 2.54. The fraction of sp³-hybridized carbons (Fsp3) is 0.600. The molecule has 0 saturated carbocycles. The van der Waals surface area contributed by atoms with Gasteiger partial charge in [0.15, 0.2) is 0 Å². The number of hydrogen-bond donors (Lipinski definition) is 1. The van der Waals surface area contributed by atoms with Crippen LogP contribution in [-0.4, -0.2) is 55.5 Å². The zero-order chi connectivity index (χ0) is 15.5. The lowest BCUT2D eigenvalue weighted by atomic mass is 10.1. The van der Waals surface area contributed by atoms with Crippen LogP contribution in [0.15, 0.2) is 23.1 Å². The first-order valence-corrected chi connectivity index (χ1v) is 8.92. The van der Waals surface area contributed by atoms with Crippen molar-refractivity contribution < 1.29 is 13.5 Å². The summed E-state index contributed by atoms with van der Waals surface area (Å²) in [5, 5.41) is 9.25. The number of benzene rings is 1. The van der Waals surface area contributed by atoms with Crippen molar-refractivity contribution in [3.63, 3.8) is 0 Å². The summed E-state index contributed by atoms with van der Waals surface area (Å²) in [6, 6.07) is 5.20. The van der Waals surface area contributed by atoms with Crippen LogP contribution in [0.3, 0.4) is 0 Å². The first kappa shape index (κ1) is 16.4. The van der Waals surface area contributed by atoms with Gasteiger partial charge in [0.1, 0.15) is 0 Å². The molecule has 0 aliphatic carbocycles. The van der Waals surface area contributed by atoms with Gasteiger partial charge in [-0.15, -0.1) is 0 Å². The van der Waals surface area contributed by atoms with Crippen LogP contribution < -0.4 is 0 Å². The average molecular weight is 312 g/mol. The molecule has 1 saturated heterocycles. The molecule has 1 aliphatic rings. The van der Waals surface area contributed by atoms with Crippen molar-refractivity contribution in [1.29, 1.82) is 0 Å². The monoisotopic (exact) mass is 312 g/mol. The molecule has 1 aromatic carbocycles. The molecule has 0 atom stereocenters. The van der Waals surface area contributed by atoms with Crippen LogP contribution in [0.1, 0.15) is 25.0 Å². The topological polar surface area (TPSA) is 60.9 Å². The minimum atomic E-state index is -3.47. The smallest absolute Gasteiger partial charge is 0.243 e. The van der Waals surface area contributed by atoms with Gasteiger partial charge in [-0.3, -0.25) is 0 Å². The van der Waals surface area contributed by atoms with Gasteiger partial charge in [-0.05, 0) is 30.2 Å². The summed E-state index contributed by atoms with van der Waals surface area (Å²) in [5.41, 5.74) is 1.45. The van der Waals surface area contributed by atoms with E-state index in [9.17, 15) is 13.5 Å². The quantitative estimate of drug-likeness (QED) is 0.883. The maximum absolute atomic E-state index is 12.9. The van der Waals surface area contributed by atoms with E-state index in [1.54, 1.807) is 22.5 Å². The van der Waals surface area contributed by atoms with E-state index < -0.39 is 10.0 Å². The van der Waals surface area contributed by atoms with Crippen molar-refractivity contribution >= 4 is 10.0 Å². The van der Waals surface area contributed by atoms with Gasteiger partial charge in [-0.25, -0.2) is 8.42 Å². The fourth-order valence-corrected chi connectivity index (χ4v) is 4.42. The van der Waals surface area contributed by atoms with E-state index in [0.29, 0.717) is 30.0 Å². The van der Waals surface area contributed by atoms with Crippen LogP contribution in [0, 0.1) is 0 Å². The highest BCUT2D eigenvalue weighted by Gasteiger charge is 2.29. The second-order valence-electron chi connectivity index (χ2n) is 5.29. The SMILES string of the molecule is CCc1ccc(CO)cc1S(=O)(=O)N1CCN(CC)CC1. The van der Waals surface area contributed by atoms with Gasteiger partial charge in [-0.2, -0.15) is 4.31 Å². The Hall–Kier alpha value is -0.950. The molecule has 0 unspecified atom stereocenters. The number of aliphatic hydroxyl groups excluding tert-OH is 1. The zero-order valence-corrected chi connectivity index (χ0v) is 13.6. The van der Waals surface area contributed by atoms with Crippen LogP contribution in [0.5, 0.6) is 0 Å². The Bertz CT molecular complexity index is 579.